The van der Waals surface area contributed by atoms with Crippen LogP contribution in [0.3, 0.4) is 0 Å². The molecule has 2 atom stereocenters. The van der Waals surface area contributed by atoms with Crippen molar-refractivity contribution in [1.82, 2.24) is 0 Å². The topological polar surface area (TPSA) is 9.23 Å². The van der Waals surface area contributed by atoms with Gasteiger partial charge in [0.1, 0.15) is 0 Å². The van der Waals surface area contributed by atoms with Gasteiger partial charge in [-0.3, -0.25) is 0 Å². The highest BCUT2D eigenvalue weighted by molar-refractivity contribution is 4.80. The Bertz CT molecular complexity index is 134. The summed E-state index contributed by atoms with van der Waals surface area (Å²) >= 11 is 0. The first-order valence-corrected chi connectivity index (χ1v) is 5.15. The summed E-state index contributed by atoms with van der Waals surface area (Å²) < 4.78 is 5.77. The molecule has 0 aromatic heterocycles. The zero-order chi connectivity index (χ0) is 9.19. The van der Waals surface area contributed by atoms with Gasteiger partial charge in [-0.25, -0.2) is 0 Å². The van der Waals surface area contributed by atoms with E-state index in [1.54, 1.807) is 0 Å². The van der Waals surface area contributed by atoms with Gasteiger partial charge in [-0.15, -0.1) is 0 Å². The maximum absolute atomic E-state index is 5.77. The van der Waals surface area contributed by atoms with E-state index in [9.17, 15) is 0 Å². The molecule has 0 bridgehead atoms. The monoisotopic (exact) mass is 170 g/mol. The van der Waals surface area contributed by atoms with Crippen LogP contribution < -0.4 is 0 Å². The Morgan fingerprint density at radius 2 is 2.00 bits per heavy atom. The summed E-state index contributed by atoms with van der Waals surface area (Å²) in [4.78, 5) is 0. The van der Waals surface area contributed by atoms with E-state index >= 15 is 0 Å². The Morgan fingerprint density at radius 1 is 1.33 bits per heavy atom. The van der Waals surface area contributed by atoms with Crippen LogP contribution in [0, 0.1) is 11.3 Å². The van der Waals surface area contributed by atoms with Gasteiger partial charge in [0.15, 0.2) is 0 Å². The second-order valence-electron chi connectivity index (χ2n) is 5.02. The summed E-state index contributed by atoms with van der Waals surface area (Å²) in [5.74, 6) is 0.906. The summed E-state index contributed by atoms with van der Waals surface area (Å²) in [5, 5.41) is 0. The molecule has 2 unspecified atom stereocenters. The minimum atomic E-state index is 0.327. The van der Waals surface area contributed by atoms with Crippen LogP contribution in [0.2, 0.25) is 0 Å². The quantitative estimate of drug-likeness (QED) is 0.587. The first-order valence-electron chi connectivity index (χ1n) is 5.15. The number of hydrogen-bond donors (Lipinski definition) is 0. The Hall–Kier alpha value is -0.0400. The van der Waals surface area contributed by atoms with Crippen molar-refractivity contribution in [3.05, 3.63) is 0 Å². The highest BCUT2D eigenvalue weighted by Crippen LogP contribution is 2.33. The first-order chi connectivity index (χ1) is 5.54. The summed E-state index contributed by atoms with van der Waals surface area (Å²) in [6, 6.07) is 0. The Labute approximate surface area is 76.5 Å². The second-order valence-corrected chi connectivity index (χ2v) is 5.02. The van der Waals surface area contributed by atoms with Crippen molar-refractivity contribution in [2.45, 2.75) is 53.1 Å². The highest BCUT2D eigenvalue weighted by atomic mass is 16.5. The molecule has 1 aliphatic heterocycles. The molecule has 0 aromatic carbocycles. The lowest BCUT2D eigenvalue weighted by Gasteiger charge is -2.37. The second kappa shape index (κ2) is 3.78. The van der Waals surface area contributed by atoms with Gasteiger partial charge in [-0.05, 0) is 24.2 Å². The van der Waals surface area contributed by atoms with Crippen molar-refractivity contribution in [1.29, 1.82) is 0 Å². The fourth-order valence-corrected chi connectivity index (χ4v) is 1.84. The van der Waals surface area contributed by atoms with Crippen LogP contribution in [-0.4, -0.2) is 12.7 Å². The predicted octanol–water partition coefficient (Wildman–Crippen LogP) is 3.24. The van der Waals surface area contributed by atoms with Crippen LogP contribution in [0.15, 0.2) is 0 Å². The van der Waals surface area contributed by atoms with Gasteiger partial charge in [0, 0.05) is 6.61 Å². The van der Waals surface area contributed by atoms with Gasteiger partial charge in [0.2, 0.25) is 0 Å². The molecule has 1 heterocycles. The summed E-state index contributed by atoms with van der Waals surface area (Å²) in [6.45, 7) is 10.1. The fourth-order valence-electron chi connectivity index (χ4n) is 1.84. The van der Waals surface area contributed by atoms with Gasteiger partial charge < -0.3 is 4.74 Å². The lowest BCUT2D eigenvalue weighted by Crippen LogP contribution is -2.35. The van der Waals surface area contributed by atoms with Gasteiger partial charge in [-0.1, -0.05) is 34.1 Å². The Morgan fingerprint density at radius 3 is 2.50 bits per heavy atom. The van der Waals surface area contributed by atoms with Gasteiger partial charge in [0.05, 0.1) is 6.10 Å². The third-order valence-corrected chi connectivity index (χ3v) is 2.94. The van der Waals surface area contributed by atoms with E-state index in [-0.39, 0.29) is 0 Å². The average Bonchev–Trinajstić information content (AvgIpc) is 2.03. The van der Waals surface area contributed by atoms with Gasteiger partial charge >= 0.3 is 0 Å². The molecule has 1 nitrogen and oxygen atoms in total. The van der Waals surface area contributed by atoms with E-state index in [1.807, 2.05) is 0 Å². The van der Waals surface area contributed by atoms with Crippen LogP contribution in [-0.2, 0) is 4.74 Å². The summed E-state index contributed by atoms with van der Waals surface area (Å²) in [7, 11) is 0. The average molecular weight is 170 g/mol. The van der Waals surface area contributed by atoms with Crippen molar-refractivity contribution in [3.63, 3.8) is 0 Å². The summed E-state index contributed by atoms with van der Waals surface area (Å²) in [6.07, 6.45) is 4.33. The molecule has 0 radical (unpaired) electrons. The Balaban J connectivity index is 2.46. The molecule has 72 valence electrons. The number of rotatable bonds is 1. The predicted molar refractivity (Wildman–Crippen MR) is 52.2 cm³/mol. The fraction of sp³-hybridized carbons (Fsp3) is 1.00. The smallest absolute Gasteiger partial charge is 0.0626 e. The molecule has 0 aromatic rings. The number of ether oxygens (including phenoxy) is 1. The first kappa shape index (κ1) is 10.0. The maximum atomic E-state index is 5.77. The van der Waals surface area contributed by atoms with E-state index in [0.717, 1.165) is 12.5 Å². The molecule has 0 saturated carbocycles. The molecule has 1 rings (SSSR count). The van der Waals surface area contributed by atoms with Crippen LogP contribution in [0.5, 0.6) is 0 Å². The molecule has 0 amide bonds. The zero-order valence-electron chi connectivity index (χ0n) is 8.89. The minimum absolute atomic E-state index is 0.327. The molecular formula is C11H22O. The maximum Gasteiger partial charge on any atom is 0.0626 e. The molecular weight excluding hydrogens is 148 g/mol. The standard InChI is InChI=1S/C11H22O/c1-5-9-6-7-12-10(8-9)11(2,3)4/h9-10H,5-8H2,1-4H3. The number of hydrogen-bond acceptors (Lipinski definition) is 1. The minimum Gasteiger partial charge on any atom is -0.378 e. The Kier molecular flexibility index (Phi) is 3.16. The molecule has 0 aliphatic carbocycles. The highest BCUT2D eigenvalue weighted by Gasteiger charge is 2.30. The van der Waals surface area contributed by atoms with Gasteiger partial charge in [-0.2, -0.15) is 0 Å². The van der Waals surface area contributed by atoms with E-state index in [4.69, 9.17) is 4.74 Å². The zero-order valence-corrected chi connectivity index (χ0v) is 8.89. The van der Waals surface area contributed by atoms with E-state index < -0.39 is 0 Å². The van der Waals surface area contributed by atoms with Crippen molar-refractivity contribution in [2.24, 2.45) is 11.3 Å². The molecule has 12 heavy (non-hydrogen) atoms. The normalized spacial score (nSPS) is 32.0. The third kappa shape index (κ3) is 2.48. The molecule has 1 fully saturated rings. The SMILES string of the molecule is CCC1CCOC(C(C)(C)C)C1. The largest absolute Gasteiger partial charge is 0.378 e. The van der Waals surface area contributed by atoms with Gasteiger partial charge in [0.25, 0.3) is 0 Å². The third-order valence-electron chi connectivity index (χ3n) is 2.94. The molecule has 1 saturated heterocycles. The molecule has 1 heteroatoms. The molecule has 0 spiro atoms. The van der Waals surface area contributed by atoms with Crippen molar-refractivity contribution < 1.29 is 4.74 Å². The van der Waals surface area contributed by atoms with Crippen molar-refractivity contribution in [2.75, 3.05) is 6.61 Å². The lowest BCUT2D eigenvalue weighted by atomic mass is 9.80. The lowest BCUT2D eigenvalue weighted by molar-refractivity contribution is -0.0670. The van der Waals surface area contributed by atoms with Crippen LogP contribution in [0.1, 0.15) is 47.0 Å². The molecule has 0 N–H and O–H groups in total. The summed E-state index contributed by atoms with van der Waals surface area (Å²) in [5.41, 5.74) is 0.327. The van der Waals surface area contributed by atoms with Crippen molar-refractivity contribution >= 4 is 0 Å². The van der Waals surface area contributed by atoms with E-state index in [2.05, 4.69) is 27.7 Å². The van der Waals surface area contributed by atoms with Crippen molar-refractivity contribution in [3.8, 4) is 0 Å². The van der Waals surface area contributed by atoms with E-state index in [1.165, 1.54) is 19.3 Å². The van der Waals surface area contributed by atoms with E-state index in [0.29, 0.717) is 11.5 Å². The van der Waals surface area contributed by atoms with Crippen LogP contribution >= 0.6 is 0 Å². The van der Waals surface area contributed by atoms with Crippen LogP contribution in [0.4, 0.5) is 0 Å². The van der Waals surface area contributed by atoms with Crippen LogP contribution in [0.25, 0.3) is 0 Å². The molecule has 1 aliphatic rings.